The SMILES string of the molecule is O=C(Cc1ccccc1)Nc1cccc2c1OCCC2. The van der Waals surface area contributed by atoms with Crippen molar-refractivity contribution < 1.29 is 9.53 Å². The summed E-state index contributed by atoms with van der Waals surface area (Å²) in [5.41, 5.74) is 2.97. The van der Waals surface area contributed by atoms with Gasteiger partial charge in [0.05, 0.1) is 18.7 Å². The van der Waals surface area contributed by atoms with Crippen molar-refractivity contribution in [1.82, 2.24) is 0 Å². The quantitative estimate of drug-likeness (QED) is 0.927. The van der Waals surface area contributed by atoms with Crippen LogP contribution in [-0.2, 0) is 17.6 Å². The fourth-order valence-corrected chi connectivity index (χ4v) is 2.46. The minimum atomic E-state index is -0.0150. The van der Waals surface area contributed by atoms with Crippen LogP contribution in [0.15, 0.2) is 48.5 Å². The fourth-order valence-electron chi connectivity index (χ4n) is 2.46. The van der Waals surface area contributed by atoms with Gasteiger partial charge in [0.15, 0.2) is 0 Å². The van der Waals surface area contributed by atoms with E-state index in [-0.39, 0.29) is 5.91 Å². The maximum absolute atomic E-state index is 12.1. The van der Waals surface area contributed by atoms with Crippen LogP contribution in [0.2, 0.25) is 0 Å². The Labute approximate surface area is 118 Å². The van der Waals surface area contributed by atoms with Crippen molar-refractivity contribution in [1.29, 1.82) is 0 Å². The minimum Gasteiger partial charge on any atom is -0.491 e. The molecule has 0 aliphatic carbocycles. The lowest BCUT2D eigenvalue weighted by Crippen LogP contribution is -2.17. The summed E-state index contributed by atoms with van der Waals surface area (Å²) in [5, 5.41) is 2.95. The summed E-state index contributed by atoms with van der Waals surface area (Å²) in [7, 11) is 0. The number of aryl methyl sites for hydroxylation is 1. The molecule has 0 saturated carbocycles. The first kappa shape index (κ1) is 12.7. The second-order valence-electron chi connectivity index (χ2n) is 4.96. The van der Waals surface area contributed by atoms with E-state index in [4.69, 9.17) is 4.74 Å². The molecule has 20 heavy (non-hydrogen) atoms. The molecular formula is C17H17NO2. The Morgan fingerprint density at radius 1 is 1.10 bits per heavy atom. The third-order valence-corrected chi connectivity index (χ3v) is 3.42. The molecule has 0 unspecified atom stereocenters. The number of nitrogens with one attached hydrogen (secondary N) is 1. The lowest BCUT2D eigenvalue weighted by molar-refractivity contribution is -0.115. The average molecular weight is 267 g/mol. The van der Waals surface area contributed by atoms with Gasteiger partial charge in [0.2, 0.25) is 5.91 Å². The molecule has 0 fully saturated rings. The Kier molecular flexibility index (Phi) is 3.68. The summed E-state index contributed by atoms with van der Waals surface area (Å²) in [6, 6.07) is 15.7. The zero-order valence-corrected chi connectivity index (χ0v) is 11.3. The van der Waals surface area contributed by atoms with Crippen LogP contribution in [0.25, 0.3) is 0 Å². The van der Waals surface area contributed by atoms with Gasteiger partial charge in [0.1, 0.15) is 5.75 Å². The third-order valence-electron chi connectivity index (χ3n) is 3.42. The summed E-state index contributed by atoms with van der Waals surface area (Å²) in [6.07, 6.45) is 2.43. The van der Waals surface area contributed by atoms with Crippen molar-refractivity contribution in [3.63, 3.8) is 0 Å². The highest BCUT2D eigenvalue weighted by atomic mass is 16.5. The molecule has 0 atom stereocenters. The number of benzene rings is 2. The summed E-state index contributed by atoms with van der Waals surface area (Å²) in [4.78, 5) is 12.1. The lowest BCUT2D eigenvalue weighted by Gasteiger charge is -2.20. The van der Waals surface area contributed by atoms with E-state index in [0.717, 1.165) is 36.4 Å². The number of carbonyl (C=O) groups is 1. The Morgan fingerprint density at radius 3 is 2.80 bits per heavy atom. The second kappa shape index (κ2) is 5.78. The highest BCUT2D eigenvalue weighted by Crippen LogP contribution is 2.32. The van der Waals surface area contributed by atoms with Crippen molar-refractivity contribution in [2.24, 2.45) is 0 Å². The van der Waals surface area contributed by atoms with Gasteiger partial charge in [-0.3, -0.25) is 4.79 Å². The Morgan fingerprint density at radius 2 is 1.95 bits per heavy atom. The standard InChI is InChI=1S/C17H17NO2/c19-16(12-13-6-2-1-3-7-13)18-15-10-4-8-14-9-5-11-20-17(14)15/h1-4,6-8,10H,5,9,11-12H2,(H,18,19). The van der Waals surface area contributed by atoms with Crippen LogP contribution >= 0.6 is 0 Å². The molecule has 2 aromatic carbocycles. The van der Waals surface area contributed by atoms with Gasteiger partial charge in [-0.15, -0.1) is 0 Å². The number of fused-ring (bicyclic) bond motifs is 1. The molecule has 1 heterocycles. The predicted molar refractivity (Wildman–Crippen MR) is 79.0 cm³/mol. The van der Waals surface area contributed by atoms with Crippen LogP contribution in [0.3, 0.4) is 0 Å². The van der Waals surface area contributed by atoms with Crippen molar-refractivity contribution in [2.75, 3.05) is 11.9 Å². The highest BCUT2D eigenvalue weighted by molar-refractivity contribution is 5.94. The van der Waals surface area contributed by atoms with Crippen LogP contribution in [0.4, 0.5) is 5.69 Å². The molecule has 2 aromatic rings. The molecular weight excluding hydrogens is 250 g/mol. The molecule has 102 valence electrons. The number of amides is 1. The van der Waals surface area contributed by atoms with Gasteiger partial charge in [0.25, 0.3) is 0 Å². The Bertz CT molecular complexity index is 608. The normalized spacial score (nSPS) is 13.2. The molecule has 1 N–H and O–H groups in total. The fraction of sp³-hybridized carbons (Fsp3) is 0.235. The topological polar surface area (TPSA) is 38.3 Å². The number of para-hydroxylation sites is 1. The largest absolute Gasteiger partial charge is 0.491 e. The van der Waals surface area contributed by atoms with Gasteiger partial charge < -0.3 is 10.1 Å². The first-order valence-corrected chi connectivity index (χ1v) is 6.91. The van der Waals surface area contributed by atoms with Crippen LogP contribution in [0, 0.1) is 0 Å². The lowest BCUT2D eigenvalue weighted by atomic mass is 10.1. The molecule has 1 aliphatic heterocycles. The number of hydrogen-bond acceptors (Lipinski definition) is 2. The van der Waals surface area contributed by atoms with Crippen LogP contribution in [0.5, 0.6) is 5.75 Å². The van der Waals surface area contributed by atoms with Crippen molar-refractivity contribution in [3.8, 4) is 5.75 Å². The molecule has 1 aliphatic rings. The van der Waals surface area contributed by atoms with Gasteiger partial charge >= 0.3 is 0 Å². The summed E-state index contributed by atoms with van der Waals surface area (Å²) in [6.45, 7) is 0.721. The van der Waals surface area contributed by atoms with Crippen LogP contribution in [0.1, 0.15) is 17.5 Å². The number of anilines is 1. The first-order chi connectivity index (χ1) is 9.83. The summed E-state index contributed by atoms with van der Waals surface area (Å²) < 4.78 is 5.69. The van der Waals surface area contributed by atoms with Crippen molar-refractivity contribution in [3.05, 3.63) is 59.7 Å². The maximum atomic E-state index is 12.1. The number of ether oxygens (including phenoxy) is 1. The average Bonchev–Trinajstić information content (AvgIpc) is 2.48. The number of hydrogen-bond donors (Lipinski definition) is 1. The molecule has 0 bridgehead atoms. The smallest absolute Gasteiger partial charge is 0.228 e. The van der Waals surface area contributed by atoms with E-state index in [1.807, 2.05) is 42.5 Å². The molecule has 0 saturated heterocycles. The molecule has 0 radical (unpaired) electrons. The molecule has 1 amide bonds. The van der Waals surface area contributed by atoms with Crippen LogP contribution in [-0.4, -0.2) is 12.5 Å². The van der Waals surface area contributed by atoms with Gasteiger partial charge in [-0.25, -0.2) is 0 Å². The third kappa shape index (κ3) is 2.82. The van der Waals surface area contributed by atoms with E-state index < -0.39 is 0 Å². The van der Waals surface area contributed by atoms with E-state index in [9.17, 15) is 4.79 Å². The zero-order chi connectivity index (χ0) is 13.8. The molecule has 0 spiro atoms. The van der Waals surface area contributed by atoms with E-state index >= 15 is 0 Å². The molecule has 3 rings (SSSR count). The second-order valence-corrected chi connectivity index (χ2v) is 4.96. The van der Waals surface area contributed by atoms with Crippen molar-refractivity contribution in [2.45, 2.75) is 19.3 Å². The zero-order valence-electron chi connectivity index (χ0n) is 11.3. The van der Waals surface area contributed by atoms with Gasteiger partial charge in [-0.05, 0) is 30.0 Å². The molecule has 3 nitrogen and oxygen atoms in total. The predicted octanol–water partition coefficient (Wildman–Crippen LogP) is 3.19. The minimum absolute atomic E-state index is 0.0150. The van der Waals surface area contributed by atoms with Crippen LogP contribution < -0.4 is 10.1 Å². The number of rotatable bonds is 3. The molecule has 0 aromatic heterocycles. The monoisotopic (exact) mass is 267 g/mol. The summed E-state index contributed by atoms with van der Waals surface area (Å²) >= 11 is 0. The summed E-state index contributed by atoms with van der Waals surface area (Å²) in [5.74, 6) is 0.818. The van der Waals surface area contributed by atoms with E-state index in [0.29, 0.717) is 6.42 Å². The first-order valence-electron chi connectivity index (χ1n) is 6.91. The Balaban J connectivity index is 1.73. The number of carbonyl (C=O) groups excluding carboxylic acids is 1. The van der Waals surface area contributed by atoms with E-state index in [1.165, 1.54) is 5.56 Å². The highest BCUT2D eigenvalue weighted by Gasteiger charge is 2.15. The van der Waals surface area contributed by atoms with E-state index in [1.54, 1.807) is 0 Å². The Hall–Kier alpha value is -2.29. The van der Waals surface area contributed by atoms with Gasteiger partial charge in [-0.1, -0.05) is 42.5 Å². The molecule has 3 heteroatoms. The van der Waals surface area contributed by atoms with Gasteiger partial charge in [0, 0.05) is 0 Å². The van der Waals surface area contributed by atoms with Gasteiger partial charge in [-0.2, -0.15) is 0 Å². The maximum Gasteiger partial charge on any atom is 0.228 e. The van der Waals surface area contributed by atoms with E-state index in [2.05, 4.69) is 11.4 Å². The van der Waals surface area contributed by atoms with Crippen molar-refractivity contribution >= 4 is 11.6 Å².